The lowest BCUT2D eigenvalue weighted by Gasteiger charge is -2.12. The lowest BCUT2D eigenvalue weighted by atomic mass is 10.2. The Morgan fingerprint density at radius 3 is 2.68 bits per heavy atom. The van der Waals surface area contributed by atoms with Gasteiger partial charge >= 0.3 is 0 Å². The summed E-state index contributed by atoms with van der Waals surface area (Å²) in [5.41, 5.74) is 1.97. The first kappa shape index (κ1) is 23.4. The Kier molecular flexibility index (Phi) is 6.92. The second kappa shape index (κ2) is 10.0. The third-order valence-electron chi connectivity index (χ3n) is 5.18. The average Bonchev–Trinajstić information content (AvgIpc) is 3.47. The zero-order valence-electron chi connectivity index (χ0n) is 19.3. The summed E-state index contributed by atoms with van der Waals surface area (Å²) >= 11 is 1.17. The maximum absolute atomic E-state index is 13.4. The van der Waals surface area contributed by atoms with Gasteiger partial charge in [-0.3, -0.25) is 18.8 Å². The van der Waals surface area contributed by atoms with Gasteiger partial charge in [-0.05, 0) is 38.1 Å². The highest BCUT2D eigenvalue weighted by Gasteiger charge is 2.20. The molecule has 0 saturated heterocycles. The van der Waals surface area contributed by atoms with Crippen LogP contribution < -0.4 is 20.3 Å². The summed E-state index contributed by atoms with van der Waals surface area (Å²) in [6.45, 7) is 4.48. The summed E-state index contributed by atoms with van der Waals surface area (Å²) in [6, 6.07) is 8.67. The van der Waals surface area contributed by atoms with E-state index in [1.807, 2.05) is 13.8 Å². The number of nitrogens with zero attached hydrogens (tertiary/aromatic N) is 4. The molecule has 0 unspecified atom stereocenters. The summed E-state index contributed by atoms with van der Waals surface area (Å²) < 4.78 is 19.1. The monoisotopic (exact) mass is 483 g/mol. The van der Waals surface area contributed by atoms with Gasteiger partial charge < -0.3 is 19.2 Å². The van der Waals surface area contributed by atoms with Crippen molar-refractivity contribution >= 4 is 34.4 Å². The second-order valence-electron chi connectivity index (χ2n) is 7.37. The van der Waals surface area contributed by atoms with E-state index in [1.54, 1.807) is 48.4 Å². The van der Waals surface area contributed by atoms with Crippen LogP contribution in [0.25, 0.3) is 11.0 Å². The highest BCUT2D eigenvalue weighted by molar-refractivity contribution is 7.99. The number of anilines is 1. The number of nitrogens with one attached hydrogen (secondary N) is 1. The van der Waals surface area contributed by atoms with Crippen LogP contribution >= 0.6 is 11.8 Å². The van der Waals surface area contributed by atoms with Crippen molar-refractivity contribution in [2.45, 2.75) is 32.1 Å². The first-order valence-corrected chi connectivity index (χ1v) is 11.6. The molecular weight excluding hydrogens is 458 g/mol. The van der Waals surface area contributed by atoms with E-state index in [2.05, 4.69) is 10.4 Å². The van der Waals surface area contributed by atoms with Gasteiger partial charge in [-0.2, -0.15) is 5.10 Å². The molecule has 178 valence electrons. The zero-order chi connectivity index (χ0) is 24.2. The van der Waals surface area contributed by atoms with Gasteiger partial charge in [-0.25, -0.2) is 4.98 Å². The number of rotatable bonds is 9. The SMILES string of the molecule is CCn1nc(C)c2nc(SCC(=O)Nc3ccc(OC)c(OC)c3)n(Cc3ccco3)c(=O)c21. The maximum atomic E-state index is 13.4. The Balaban J connectivity index is 1.61. The number of thioether (sulfide) groups is 1. The fourth-order valence-electron chi connectivity index (χ4n) is 3.57. The predicted molar refractivity (Wildman–Crippen MR) is 129 cm³/mol. The van der Waals surface area contributed by atoms with Gasteiger partial charge in [-0.1, -0.05) is 11.8 Å². The molecule has 4 aromatic rings. The molecule has 3 heterocycles. The molecular formula is C23H25N5O5S. The molecule has 10 nitrogen and oxygen atoms in total. The van der Waals surface area contributed by atoms with Gasteiger partial charge in [0, 0.05) is 18.3 Å². The van der Waals surface area contributed by atoms with Crippen molar-refractivity contribution in [2.24, 2.45) is 0 Å². The lowest BCUT2D eigenvalue weighted by Crippen LogP contribution is -2.26. The topological polar surface area (TPSA) is 113 Å². The highest BCUT2D eigenvalue weighted by Crippen LogP contribution is 2.30. The fourth-order valence-corrected chi connectivity index (χ4v) is 4.36. The van der Waals surface area contributed by atoms with Crippen molar-refractivity contribution in [3.8, 4) is 11.5 Å². The molecule has 0 aliphatic carbocycles. The van der Waals surface area contributed by atoms with Gasteiger partial charge in [0.1, 0.15) is 11.3 Å². The number of hydrogen-bond acceptors (Lipinski definition) is 8. The molecule has 0 fully saturated rings. The number of benzene rings is 1. The number of aromatic nitrogens is 4. The van der Waals surface area contributed by atoms with Crippen LogP contribution in [0.4, 0.5) is 5.69 Å². The molecule has 11 heteroatoms. The molecule has 1 aromatic carbocycles. The van der Waals surface area contributed by atoms with E-state index in [0.29, 0.717) is 51.4 Å². The zero-order valence-corrected chi connectivity index (χ0v) is 20.1. The number of ether oxygens (including phenoxy) is 2. The number of carbonyl (C=O) groups is 1. The standard InChI is InChI=1S/C23H25N5O5S/c1-5-28-21-20(14(2)26-28)25-23(27(22(21)30)12-16-7-6-10-33-16)34-13-19(29)24-15-8-9-17(31-3)18(11-15)32-4/h6-11H,5,12-13H2,1-4H3,(H,24,29). The molecule has 0 spiro atoms. The number of carbonyl (C=O) groups excluding carboxylic acids is 1. The molecule has 0 aliphatic heterocycles. The second-order valence-corrected chi connectivity index (χ2v) is 8.31. The van der Waals surface area contributed by atoms with Gasteiger partial charge in [0.25, 0.3) is 5.56 Å². The van der Waals surface area contributed by atoms with Crippen LogP contribution in [-0.4, -0.2) is 45.2 Å². The quantitative estimate of drug-likeness (QED) is 0.285. The predicted octanol–water partition coefficient (Wildman–Crippen LogP) is 3.31. The van der Waals surface area contributed by atoms with Crippen LogP contribution in [0.3, 0.4) is 0 Å². The van der Waals surface area contributed by atoms with Crippen molar-refractivity contribution in [3.63, 3.8) is 0 Å². The van der Waals surface area contributed by atoms with Crippen molar-refractivity contribution in [1.82, 2.24) is 19.3 Å². The number of hydrogen-bond donors (Lipinski definition) is 1. The third-order valence-corrected chi connectivity index (χ3v) is 6.15. The highest BCUT2D eigenvalue weighted by atomic mass is 32.2. The van der Waals surface area contributed by atoms with Gasteiger partial charge in [0.2, 0.25) is 5.91 Å². The molecule has 34 heavy (non-hydrogen) atoms. The fraction of sp³-hybridized carbons (Fsp3) is 0.304. The van der Waals surface area contributed by atoms with E-state index in [9.17, 15) is 9.59 Å². The van der Waals surface area contributed by atoms with Gasteiger partial charge in [0.05, 0.1) is 38.5 Å². The van der Waals surface area contributed by atoms with E-state index < -0.39 is 0 Å². The lowest BCUT2D eigenvalue weighted by molar-refractivity contribution is -0.113. The van der Waals surface area contributed by atoms with Crippen molar-refractivity contribution in [1.29, 1.82) is 0 Å². The van der Waals surface area contributed by atoms with Gasteiger partial charge in [-0.15, -0.1) is 0 Å². The average molecular weight is 484 g/mol. The number of aryl methyl sites for hydroxylation is 2. The van der Waals surface area contributed by atoms with Crippen LogP contribution in [0.5, 0.6) is 11.5 Å². The molecule has 0 saturated carbocycles. The number of amides is 1. The minimum absolute atomic E-state index is 0.0470. The van der Waals surface area contributed by atoms with Crippen LogP contribution in [-0.2, 0) is 17.9 Å². The van der Waals surface area contributed by atoms with Crippen molar-refractivity contribution in [3.05, 3.63) is 58.4 Å². The summed E-state index contributed by atoms with van der Waals surface area (Å²) in [4.78, 5) is 30.8. The normalized spacial score (nSPS) is 11.1. The van der Waals surface area contributed by atoms with Crippen LogP contribution in [0, 0.1) is 6.92 Å². The first-order valence-electron chi connectivity index (χ1n) is 10.6. The molecule has 4 rings (SSSR count). The van der Waals surface area contributed by atoms with Gasteiger partial charge in [0.15, 0.2) is 22.2 Å². The summed E-state index contributed by atoms with van der Waals surface area (Å²) in [6.07, 6.45) is 1.55. The Hall–Kier alpha value is -3.73. The molecule has 0 atom stereocenters. The summed E-state index contributed by atoms with van der Waals surface area (Å²) in [5, 5.41) is 7.68. The summed E-state index contributed by atoms with van der Waals surface area (Å²) in [5.74, 6) is 1.48. The smallest absolute Gasteiger partial charge is 0.280 e. The number of methoxy groups -OCH3 is 2. The Bertz CT molecular complexity index is 1380. The Labute approximate surface area is 199 Å². The molecule has 0 radical (unpaired) electrons. The third kappa shape index (κ3) is 4.65. The van der Waals surface area contributed by atoms with Crippen LogP contribution in [0.2, 0.25) is 0 Å². The molecule has 0 aliphatic rings. The largest absolute Gasteiger partial charge is 0.493 e. The van der Waals surface area contributed by atoms with E-state index in [-0.39, 0.29) is 23.8 Å². The number of fused-ring (bicyclic) bond motifs is 1. The minimum Gasteiger partial charge on any atom is -0.493 e. The Morgan fingerprint density at radius 2 is 2.00 bits per heavy atom. The minimum atomic E-state index is -0.253. The van der Waals surface area contributed by atoms with Crippen LogP contribution in [0.1, 0.15) is 18.4 Å². The molecule has 0 bridgehead atoms. The molecule has 1 N–H and O–H groups in total. The summed E-state index contributed by atoms with van der Waals surface area (Å²) in [7, 11) is 3.08. The molecule has 3 aromatic heterocycles. The van der Waals surface area contributed by atoms with Crippen molar-refractivity contribution in [2.75, 3.05) is 25.3 Å². The molecule has 1 amide bonds. The van der Waals surface area contributed by atoms with E-state index >= 15 is 0 Å². The number of furan rings is 1. The van der Waals surface area contributed by atoms with E-state index in [4.69, 9.17) is 18.9 Å². The van der Waals surface area contributed by atoms with E-state index in [0.717, 1.165) is 0 Å². The first-order chi connectivity index (χ1) is 16.4. The maximum Gasteiger partial charge on any atom is 0.280 e. The Morgan fingerprint density at radius 1 is 1.21 bits per heavy atom. The van der Waals surface area contributed by atoms with Crippen LogP contribution in [0.15, 0.2) is 51.0 Å². The van der Waals surface area contributed by atoms with E-state index in [1.165, 1.54) is 23.4 Å². The van der Waals surface area contributed by atoms with Crippen molar-refractivity contribution < 1.29 is 18.7 Å².